The Morgan fingerprint density at radius 3 is 2.43 bits per heavy atom. The highest BCUT2D eigenvalue weighted by atomic mass is 32.2. The summed E-state index contributed by atoms with van der Waals surface area (Å²) >= 11 is 0. The number of fused-ring (bicyclic) bond motifs is 1. The van der Waals surface area contributed by atoms with E-state index in [1.165, 1.54) is 24.3 Å². The number of carbonyl (C=O) groups is 2. The van der Waals surface area contributed by atoms with E-state index in [1.54, 1.807) is 31.2 Å². The molecule has 0 saturated heterocycles. The number of hydrogen-bond acceptors (Lipinski definition) is 6. The second-order valence-electron chi connectivity index (χ2n) is 6.22. The van der Waals surface area contributed by atoms with Crippen LogP contribution in [-0.4, -0.2) is 38.4 Å². The summed E-state index contributed by atoms with van der Waals surface area (Å²) in [5.41, 5.74) is 0.838. The molecular formula is C20H19NO6S. The topological polar surface area (TPSA) is 101 Å². The van der Waals surface area contributed by atoms with Gasteiger partial charge in [0.25, 0.3) is 10.0 Å². The molecule has 7 nitrogen and oxygen atoms in total. The Morgan fingerprint density at radius 1 is 1.14 bits per heavy atom. The Bertz CT molecular complexity index is 1070. The minimum absolute atomic E-state index is 0.00628. The fourth-order valence-electron chi connectivity index (χ4n) is 2.90. The molecule has 1 heterocycles. The zero-order chi connectivity index (χ0) is 20.5. The predicted molar refractivity (Wildman–Crippen MR) is 103 cm³/mol. The van der Waals surface area contributed by atoms with Crippen LogP contribution < -0.4 is 4.31 Å². The lowest BCUT2D eigenvalue weighted by atomic mass is 9.96. The van der Waals surface area contributed by atoms with E-state index >= 15 is 0 Å². The van der Waals surface area contributed by atoms with E-state index in [0.717, 1.165) is 9.87 Å². The van der Waals surface area contributed by atoms with E-state index in [2.05, 4.69) is 0 Å². The number of aliphatic hydroxyl groups is 1. The number of anilines is 1. The van der Waals surface area contributed by atoms with Gasteiger partial charge in [0.2, 0.25) is 5.76 Å². The van der Waals surface area contributed by atoms with E-state index in [-0.39, 0.29) is 28.3 Å². The highest BCUT2D eigenvalue weighted by Crippen LogP contribution is 2.34. The Labute approximate surface area is 162 Å². The van der Waals surface area contributed by atoms with Crippen molar-refractivity contribution >= 4 is 27.5 Å². The quantitative estimate of drug-likeness (QED) is 0.480. The van der Waals surface area contributed by atoms with Crippen LogP contribution in [0.5, 0.6) is 0 Å². The number of aryl methyl sites for hydroxylation is 1. The summed E-state index contributed by atoms with van der Waals surface area (Å²) in [5, 5.41) is 10.2. The van der Waals surface area contributed by atoms with Crippen LogP contribution in [0.1, 0.15) is 22.8 Å². The number of nitrogens with zero attached hydrogens (tertiary/aromatic N) is 1. The number of benzene rings is 2. The van der Waals surface area contributed by atoms with Gasteiger partial charge in [-0.3, -0.25) is 9.10 Å². The van der Waals surface area contributed by atoms with E-state index in [1.807, 2.05) is 6.92 Å². The van der Waals surface area contributed by atoms with Gasteiger partial charge in [-0.1, -0.05) is 29.8 Å². The van der Waals surface area contributed by atoms with Crippen molar-refractivity contribution in [3.05, 3.63) is 71.0 Å². The van der Waals surface area contributed by atoms with Crippen LogP contribution in [0.25, 0.3) is 0 Å². The molecule has 2 aromatic rings. The van der Waals surface area contributed by atoms with Crippen molar-refractivity contribution in [1.29, 1.82) is 0 Å². The molecule has 0 unspecified atom stereocenters. The molecule has 0 aromatic heterocycles. The van der Waals surface area contributed by atoms with E-state index in [9.17, 15) is 23.1 Å². The average Bonchev–Trinajstić information content (AvgIpc) is 2.68. The SMILES string of the molecule is CCOC(=O)/C(O)=C1\CN(S(=O)(=O)c2ccc(C)cc2)c2ccccc2C1=O. The summed E-state index contributed by atoms with van der Waals surface area (Å²) in [4.78, 5) is 24.7. The number of Topliss-reactive ketones (excluding diaryl/α,β-unsaturated/α-hetero) is 1. The predicted octanol–water partition coefficient (Wildman–Crippen LogP) is 2.76. The first kappa shape index (κ1) is 19.6. The molecular weight excluding hydrogens is 382 g/mol. The number of aliphatic hydroxyl groups excluding tert-OH is 1. The van der Waals surface area contributed by atoms with Crippen LogP contribution in [0.2, 0.25) is 0 Å². The summed E-state index contributed by atoms with van der Waals surface area (Å²) in [7, 11) is -4.04. The molecule has 1 N–H and O–H groups in total. The summed E-state index contributed by atoms with van der Waals surface area (Å²) < 4.78 is 32.2. The van der Waals surface area contributed by atoms with Crippen LogP contribution in [0.15, 0.2) is 64.8 Å². The summed E-state index contributed by atoms with van der Waals surface area (Å²) in [6.07, 6.45) is 0. The first-order valence-electron chi connectivity index (χ1n) is 8.59. The lowest BCUT2D eigenvalue weighted by Gasteiger charge is -2.31. The fourth-order valence-corrected chi connectivity index (χ4v) is 4.35. The molecule has 0 saturated carbocycles. The third-order valence-electron chi connectivity index (χ3n) is 4.36. The van der Waals surface area contributed by atoms with Crippen molar-refractivity contribution in [3.63, 3.8) is 0 Å². The maximum Gasteiger partial charge on any atom is 0.373 e. The molecule has 0 atom stereocenters. The Hall–Kier alpha value is -3.13. The van der Waals surface area contributed by atoms with Gasteiger partial charge < -0.3 is 9.84 Å². The van der Waals surface area contributed by atoms with Gasteiger partial charge in [0.05, 0.1) is 29.3 Å². The molecule has 0 spiro atoms. The highest BCUT2D eigenvalue weighted by Gasteiger charge is 2.37. The molecule has 2 aromatic carbocycles. The zero-order valence-electron chi connectivity index (χ0n) is 15.4. The number of carbonyl (C=O) groups excluding carboxylic acids is 2. The molecule has 1 aliphatic rings. The normalized spacial score (nSPS) is 15.8. The summed E-state index contributed by atoms with van der Waals surface area (Å²) in [6, 6.07) is 12.4. The van der Waals surface area contributed by atoms with Crippen molar-refractivity contribution in [2.24, 2.45) is 0 Å². The van der Waals surface area contributed by atoms with E-state index < -0.39 is 34.1 Å². The monoisotopic (exact) mass is 401 g/mol. The lowest BCUT2D eigenvalue weighted by Crippen LogP contribution is -2.40. The van der Waals surface area contributed by atoms with Crippen molar-refractivity contribution in [1.82, 2.24) is 0 Å². The molecule has 1 aliphatic heterocycles. The number of para-hydroxylation sites is 1. The average molecular weight is 401 g/mol. The van der Waals surface area contributed by atoms with Crippen LogP contribution in [-0.2, 0) is 19.6 Å². The molecule has 0 amide bonds. The first-order chi connectivity index (χ1) is 13.3. The number of esters is 1. The highest BCUT2D eigenvalue weighted by molar-refractivity contribution is 7.92. The number of rotatable bonds is 4. The minimum Gasteiger partial charge on any atom is -0.501 e. The molecule has 0 radical (unpaired) electrons. The second kappa shape index (κ2) is 7.47. The van der Waals surface area contributed by atoms with E-state index in [4.69, 9.17) is 4.74 Å². The number of ether oxygens (including phenoxy) is 1. The zero-order valence-corrected chi connectivity index (χ0v) is 16.2. The first-order valence-corrected chi connectivity index (χ1v) is 10.0. The Morgan fingerprint density at radius 2 is 1.79 bits per heavy atom. The van der Waals surface area contributed by atoms with Crippen LogP contribution in [0.4, 0.5) is 5.69 Å². The molecule has 146 valence electrons. The van der Waals surface area contributed by atoms with E-state index in [0.29, 0.717) is 0 Å². The van der Waals surface area contributed by atoms with Crippen molar-refractivity contribution < 1.29 is 27.9 Å². The number of sulfonamides is 1. The van der Waals surface area contributed by atoms with Gasteiger partial charge >= 0.3 is 5.97 Å². The fraction of sp³-hybridized carbons (Fsp3) is 0.200. The smallest absolute Gasteiger partial charge is 0.373 e. The van der Waals surface area contributed by atoms with Gasteiger partial charge in [-0.2, -0.15) is 0 Å². The minimum atomic E-state index is -4.04. The Kier molecular flexibility index (Phi) is 5.24. The largest absolute Gasteiger partial charge is 0.501 e. The molecule has 8 heteroatoms. The molecule has 0 bridgehead atoms. The number of ketones is 1. The molecule has 3 rings (SSSR count). The van der Waals surface area contributed by atoms with Crippen LogP contribution in [0.3, 0.4) is 0 Å². The van der Waals surface area contributed by atoms with Gasteiger partial charge in [0.1, 0.15) is 0 Å². The van der Waals surface area contributed by atoms with Crippen LogP contribution >= 0.6 is 0 Å². The van der Waals surface area contributed by atoms with Gasteiger partial charge in [-0.25, -0.2) is 13.2 Å². The summed E-state index contributed by atoms with van der Waals surface area (Å²) in [5.74, 6) is -2.57. The molecule has 0 aliphatic carbocycles. The molecule has 0 fully saturated rings. The Balaban J connectivity index is 2.17. The molecule has 28 heavy (non-hydrogen) atoms. The number of hydrogen-bond donors (Lipinski definition) is 1. The van der Waals surface area contributed by atoms with Gasteiger partial charge in [-0.05, 0) is 38.1 Å². The second-order valence-corrected chi connectivity index (χ2v) is 8.08. The van der Waals surface area contributed by atoms with Gasteiger partial charge in [-0.15, -0.1) is 0 Å². The van der Waals surface area contributed by atoms with Crippen LogP contribution in [0, 0.1) is 6.92 Å². The maximum absolute atomic E-state index is 13.2. The van der Waals surface area contributed by atoms with Crippen molar-refractivity contribution in [2.45, 2.75) is 18.7 Å². The van der Waals surface area contributed by atoms with Gasteiger partial charge in [0, 0.05) is 5.56 Å². The van der Waals surface area contributed by atoms with Crippen molar-refractivity contribution in [2.75, 3.05) is 17.5 Å². The van der Waals surface area contributed by atoms with Gasteiger partial charge in [0.15, 0.2) is 5.78 Å². The standard InChI is InChI=1S/C20H19NO6S/c1-3-27-20(24)19(23)16-12-21(17-7-5-4-6-15(17)18(16)22)28(25,26)14-10-8-13(2)9-11-14/h4-11,23H,3,12H2,1-2H3/b19-16-. The lowest BCUT2D eigenvalue weighted by molar-refractivity contribution is -0.141. The van der Waals surface area contributed by atoms with Crippen molar-refractivity contribution in [3.8, 4) is 0 Å². The summed E-state index contributed by atoms with van der Waals surface area (Å²) in [6.45, 7) is 2.93. The third-order valence-corrected chi connectivity index (χ3v) is 6.13. The maximum atomic E-state index is 13.2. The third kappa shape index (κ3) is 3.38.